The van der Waals surface area contributed by atoms with E-state index in [0.717, 1.165) is 5.56 Å². The standard InChI is InChI=1S/C23H20N2O7S/c1-15-2-6-17(7-3-15)25-33(28,29)19-9-4-16(5-10-19)23(27)30-13-22(26)24-18-8-11-20-21(12-18)32-14-31-20/h2-12,25H,13-14H2,1H3,(H,24,26). The highest BCUT2D eigenvalue weighted by Gasteiger charge is 2.17. The number of aryl methyl sites for hydroxylation is 1. The SMILES string of the molecule is Cc1ccc(NS(=O)(=O)c2ccc(C(=O)OCC(=O)Nc3ccc4c(c3)OCO4)cc2)cc1. The van der Waals surface area contributed by atoms with Crippen LogP contribution in [0.4, 0.5) is 11.4 Å². The first-order valence-corrected chi connectivity index (χ1v) is 11.3. The van der Waals surface area contributed by atoms with Crippen molar-refractivity contribution in [1.82, 2.24) is 0 Å². The predicted octanol–water partition coefficient (Wildman–Crippen LogP) is 3.32. The third-order valence-corrected chi connectivity index (χ3v) is 6.09. The summed E-state index contributed by atoms with van der Waals surface area (Å²) in [6.07, 6.45) is 0. The maximum Gasteiger partial charge on any atom is 0.338 e. The second-order valence-electron chi connectivity index (χ2n) is 7.19. The number of esters is 1. The van der Waals surface area contributed by atoms with E-state index in [-0.39, 0.29) is 17.3 Å². The van der Waals surface area contributed by atoms with Gasteiger partial charge in [-0.2, -0.15) is 0 Å². The molecular weight excluding hydrogens is 448 g/mol. The molecule has 0 unspecified atom stereocenters. The van der Waals surface area contributed by atoms with Crippen molar-refractivity contribution in [3.8, 4) is 11.5 Å². The molecule has 0 spiro atoms. The Bertz CT molecular complexity index is 1290. The molecule has 2 N–H and O–H groups in total. The van der Waals surface area contributed by atoms with Crippen LogP contribution in [0.3, 0.4) is 0 Å². The van der Waals surface area contributed by atoms with Crippen molar-refractivity contribution in [1.29, 1.82) is 0 Å². The average molecular weight is 468 g/mol. The monoisotopic (exact) mass is 468 g/mol. The number of nitrogens with one attached hydrogen (secondary N) is 2. The molecule has 4 rings (SSSR count). The van der Waals surface area contributed by atoms with Crippen LogP contribution >= 0.6 is 0 Å². The minimum absolute atomic E-state index is 0.0137. The average Bonchev–Trinajstić information content (AvgIpc) is 3.27. The number of carbonyl (C=O) groups excluding carboxylic acids is 2. The molecule has 0 aliphatic carbocycles. The van der Waals surface area contributed by atoms with Crippen LogP contribution in [0.5, 0.6) is 11.5 Å². The van der Waals surface area contributed by atoms with E-state index in [0.29, 0.717) is 22.9 Å². The van der Waals surface area contributed by atoms with Gasteiger partial charge in [0.1, 0.15) is 0 Å². The van der Waals surface area contributed by atoms with Crippen molar-refractivity contribution >= 4 is 33.3 Å². The molecular formula is C23H20N2O7S. The second-order valence-corrected chi connectivity index (χ2v) is 8.87. The molecule has 1 amide bonds. The Balaban J connectivity index is 1.32. The maximum atomic E-state index is 12.5. The van der Waals surface area contributed by atoms with Gasteiger partial charge >= 0.3 is 5.97 Å². The predicted molar refractivity (Wildman–Crippen MR) is 120 cm³/mol. The van der Waals surface area contributed by atoms with Crippen molar-refractivity contribution in [2.24, 2.45) is 0 Å². The van der Waals surface area contributed by atoms with Gasteiger partial charge in [-0.25, -0.2) is 13.2 Å². The summed E-state index contributed by atoms with van der Waals surface area (Å²) in [5.41, 5.74) is 2.01. The molecule has 3 aromatic rings. The zero-order valence-corrected chi connectivity index (χ0v) is 18.3. The number of hydrogen-bond donors (Lipinski definition) is 2. The number of anilines is 2. The number of rotatable bonds is 7. The Kier molecular flexibility index (Phi) is 6.18. The van der Waals surface area contributed by atoms with Gasteiger partial charge in [0.25, 0.3) is 15.9 Å². The number of hydrogen-bond acceptors (Lipinski definition) is 7. The summed E-state index contributed by atoms with van der Waals surface area (Å²) in [6, 6.07) is 17.0. The van der Waals surface area contributed by atoms with E-state index in [1.165, 1.54) is 24.3 Å². The van der Waals surface area contributed by atoms with E-state index in [4.69, 9.17) is 14.2 Å². The lowest BCUT2D eigenvalue weighted by molar-refractivity contribution is -0.119. The first-order valence-electron chi connectivity index (χ1n) is 9.86. The van der Waals surface area contributed by atoms with E-state index in [9.17, 15) is 18.0 Å². The lowest BCUT2D eigenvalue weighted by Crippen LogP contribution is -2.21. The highest BCUT2D eigenvalue weighted by atomic mass is 32.2. The molecule has 9 nitrogen and oxygen atoms in total. The zero-order chi connectivity index (χ0) is 23.4. The third kappa shape index (κ3) is 5.42. The van der Waals surface area contributed by atoms with Crippen molar-refractivity contribution in [2.45, 2.75) is 11.8 Å². The van der Waals surface area contributed by atoms with Gasteiger partial charge < -0.3 is 19.5 Å². The molecule has 0 fully saturated rings. The van der Waals surface area contributed by atoms with Gasteiger partial charge in [-0.15, -0.1) is 0 Å². The molecule has 0 radical (unpaired) electrons. The maximum absolute atomic E-state index is 12.5. The van der Waals surface area contributed by atoms with E-state index in [1.54, 1.807) is 42.5 Å². The molecule has 33 heavy (non-hydrogen) atoms. The van der Waals surface area contributed by atoms with Crippen LogP contribution in [0.1, 0.15) is 15.9 Å². The van der Waals surface area contributed by atoms with Crippen LogP contribution < -0.4 is 19.5 Å². The third-order valence-electron chi connectivity index (χ3n) is 4.69. The molecule has 1 aliphatic heterocycles. The van der Waals surface area contributed by atoms with Crippen molar-refractivity contribution in [2.75, 3.05) is 23.4 Å². The highest BCUT2D eigenvalue weighted by Crippen LogP contribution is 2.34. The van der Waals surface area contributed by atoms with Crippen molar-refractivity contribution < 1.29 is 32.2 Å². The van der Waals surface area contributed by atoms with Gasteiger partial charge in [-0.3, -0.25) is 9.52 Å². The van der Waals surface area contributed by atoms with Gasteiger partial charge in [-0.05, 0) is 55.5 Å². The smallest absolute Gasteiger partial charge is 0.338 e. The molecule has 0 bridgehead atoms. The first-order chi connectivity index (χ1) is 15.8. The summed E-state index contributed by atoms with van der Waals surface area (Å²) in [6.45, 7) is 1.51. The van der Waals surface area contributed by atoms with Gasteiger partial charge in [0, 0.05) is 17.4 Å². The lowest BCUT2D eigenvalue weighted by Gasteiger charge is -2.09. The molecule has 170 valence electrons. The van der Waals surface area contributed by atoms with Crippen molar-refractivity contribution in [3.05, 3.63) is 77.9 Å². The number of fused-ring (bicyclic) bond motifs is 1. The summed E-state index contributed by atoms with van der Waals surface area (Å²) in [5.74, 6) is -0.203. The fourth-order valence-electron chi connectivity index (χ4n) is 2.99. The summed E-state index contributed by atoms with van der Waals surface area (Å²) < 4.78 is 43.0. The summed E-state index contributed by atoms with van der Waals surface area (Å²) >= 11 is 0. The van der Waals surface area contributed by atoms with Crippen molar-refractivity contribution in [3.63, 3.8) is 0 Å². The molecule has 1 heterocycles. The number of carbonyl (C=O) groups is 2. The highest BCUT2D eigenvalue weighted by molar-refractivity contribution is 7.92. The topological polar surface area (TPSA) is 120 Å². The Hall–Kier alpha value is -4.05. The largest absolute Gasteiger partial charge is 0.454 e. The molecule has 0 saturated carbocycles. The Morgan fingerprint density at radius 1 is 0.909 bits per heavy atom. The number of benzene rings is 3. The lowest BCUT2D eigenvalue weighted by atomic mass is 10.2. The fourth-order valence-corrected chi connectivity index (χ4v) is 4.05. The normalized spacial score (nSPS) is 12.2. The Labute approximate surface area is 190 Å². The van der Waals surface area contributed by atoms with Crippen LogP contribution in [0.25, 0.3) is 0 Å². The van der Waals surface area contributed by atoms with Gasteiger partial charge in [0.05, 0.1) is 10.5 Å². The second kappa shape index (κ2) is 9.21. The van der Waals surface area contributed by atoms with Crippen LogP contribution in [0.2, 0.25) is 0 Å². The quantitative estimate of drug-likeness (QED) is 0.511. The molecule has 3 aromatic carbocycles. The summed E-state index contributed by atoms with van der Waals surface area (Å²) in [4.78, 5) is 24.3. The molecule has 0 aromatic heterocycles. The van der Waals surface area contributed by atoms with Gasteiger partial charge in [0.2, 0.25) is 6.79 Å². The molecule has 0 saturated heterocycles. The number of amides is 1. The van der Waals surface area contributed by atoms with Crippen LogP contribution in [-0.2, 0) is 19.6 Å². The van der Waals surface area contributed by atoms with Crippen LogP contribution in [0.15, 0.2) is 71.6 Å². The summed E-state index contributed by atoms with van der Waals surface area (Å²) in [5, 5.41) is 2.59. The molecule has 1 aliphatic rings. The zero-order valence-electron chi connectivity index (χ0n) is 17.5. The Morgan fingerprint density at radius 2 is 1.58 bits per heavy atom. The van der Waals surface area contributed by atoms with E-state index < -0.39 is 28.5 Å². The van der Waals surface area contributed by atoms with Crippen LogP contribution in [0, 0.1) is 6.92 Å². The van der Waals surface area contributed by atoms with Crippen LogP contribution in [-0.4, -0.2) is 33.7 Å². The number of ether oxygens (including phenoxy) is 3. The van der Waals surface area contributed by atoms with E-state index >= 15 is 0 Å². The Morgan fingerprint density at radius 3 is 2.30 bits per heavy atom. The fraction of sp³-hybridized carbons (Fsp3) is 0.130. The van der Waals surface area contributed by atoms with E-state index in [2.05, 4.69) is 10.0 Å². The molecule has 0 atom stereocenters. The molecule has 10 heteroatoms. The minimum Gasteiger partial charge on any atom is -0.454 e. The van der Waals surface area contributed by atoms with Gasteiger partial charge in [0.15, 0.2) is 18.1 Å². The summed E-state index contributed by atoms with van der Waals surface area (Å²) in [7, 11) is -3.82. The van der Waals surface area contributed by atoms with Gasteiger partial charge in [-0.1, -0.05) is 17.7 Å². The number of sulfonamides is 1. The minimum atomic E-state index is -3.82. The van der Waals surface area contributed by atoms with E-state index in [1.807, 2.05) is 6.92 Å². The first kappa shape index (κ1) is 22.2.